The number of alkyl halides is 3. The van der Waals surface area contributed by atoms with Crippen LogP contribution in [0.15, 0.2) is 48.5 Å². The van der Waals surface area contributed by atoms with Crippen LogP contribution in [0.1, 0.15) is 23.1 Å². The van der Waals surface area contributed by atoms with E-state index < -0.39 is 29.3 Å². The predicted molar refractivity (Wildman–Crippen MR) is 87.6 cm³/mol. The van der Waals surface area contributed by atoms with E-state index in [0.717, 1.165) is 18.2 Å². The van der Waals surface area contributed by atoms with Gasteiger partial charge in [-0.2, -0.15) is 13.2 Å². The number of hydrogen-bond acceptors (Lipinski definition) is 3. The largest absolute Gasteiger partial charge is 0.416 e. The van der Waals surface area contributed by atoms with Crippen molar-refractivity contribution in [3.8, 4) is 0 Å². The minimum absolute atomic E-state index is 0.0147. The van der Waals surface area contributed by atoms with Gasteiger partial charge in [-0.1, -0.05) is 30.3 Å². The summed E-state index contributed by atoms with van der Waals surface area (Å²) in [6, 6.07) is 11.1. The fraction of sp³-hybridized carbons (Fsp3) is 0.368. The van der Waals surface area contributed by atoms with Gasteiger partial charge >= 0.3 is 6.18 Å². The van der Waals surface area contributed by atoms with Gasteiger partial charge in [0, 0.05) is 19.6 Å². The lowest BCUT2D eigenvalue weighted by Crippen LogP contribution is -2.53. The number of aliphatic hydroxyl groups is 2. The normalized spacial score (nSPS) is 24.6. The molecular formula is C19H19F4NO2. The Hall–Kier alpha value is -1.96. The molecule has 1 heterocycles. The summed E-state index contributed by atoms with van der Waals surface area (Å²) in [5, 5.41) is 21.2. The number of rotatable bonds is 3. The smallest absolute Gasteiger partial charge is 0.388 e. The van der Waals surface area contributed by atoms with Crippen LogP contribution in [0.2, 0.25) is 0 Å². The number of likely N-dealkylation sites (tertiary alicyclic amines) is 1. The SMILES string of the molecule is O[C@H]1CN(Cc2cc(F)ccc2C(F)(F)F)CC[C@]1(O)c1ccccc1. The first-order valence-corrected chi connectivity index (χ1v) is 8.24. The summed E-state index contributed by atoms with van der Waals surface area (Å²) in [4.78, 5) is 1.59. The van der Waals surface area contributed by atoms with Crippen molar-refractivity contribution < 1.29 is 27.8 Å². The Morgan fingerprint density at radius 2 is 1.81 bits per heavy atom. The lowest BCUT2D eigenvalue weighted by Gasteiger charge is -2.42. The van der Waals surface area contributed by atoms with Crippen LogP contribution in [-0.2, 0) is 18.3 Å². The Labute approximate surface area is 148 Å². The van der Waals surface area contributed by atoms with E-state index in [1.54, 1.807) is 35.2 Å². The first-order valence-electron chi connectivity index (χ1n) is 8.24. The van der Waals surface area contributed by atoms with E-state index in [2.05, 4.69) is 0 Å². The standard InChI is InChI=1S/C19H19F4NO2/c20-15-6-7-16(19(21,22)23)13(10-15)11-24-9-8-18(26,17(25)12-24)14-4-2-1-3-5-14/h1-7,10,17,25-26H,8-9,11-12H2/t17-,18-/m0/s1. The summed E-state index contributed by atoms with van der Waals surface area (Å²) in [5.74, 6) is -0.744. The average molecular weight is 369 g/mol. The molecule has 1 fully saturated rings. The molecule has 0 saturated carbocycles. The quantitative estimate of drug-likeness (QED) is 0.816. The van der Waals surface area contributed by atoms with Crippen LogP contribution in [0, 0.1) is 5.82 Å². The van der Waals surface area contributed by atoms with Gasteiger partial charge in [0.25, 0.3) is 0 Å². The monoisotopic (exact) mass is 369 g/mol. The zero-order valence-electron chi connectivity index (χ0n) is 13.9. The van der Waals surface area contributed by atoms with Crippen molar-refractivity contribution in [1.29, 1.82) is 0 Å². The predicted octanol–water partition coefficient (Wildman–Crippen LogP) is 3.30. The van der Waals surface area contributed by atoms with E-state index in [0.29, 0.717) is 5.56 Å². The minimum atomic E-state index is -4.58. The first-order chi connectivity index (χ1) is 12.2. The first kappa shape index (κ1) is 18.8. The number of benzene rings is 2. The molecule has 7 heteroatoms. The van der Waals surface area contributed by atoms with Gasteiger partial charge in [-0.05, 0) is 35.7 Å². The number of nitrogens with zero attached hydrogens (tertiary/aromatic N) is 1. The Bertz CT molecular complexity index is 766. The number of β-amino-alcohol motifs (C(OH)–C–C–N with tert-alkyl or cyclic N) is 1. The summed E-state index contributed by atoms with van der Waals surface area (Å²) >= 11 is 0. The van der Waals surface area contributed by atoms with Gasteiger partial charge in [0.2, 0.25) is 0 Å². The van der Waals surface area contributed by atoms with Crippen molar-refractivity contribution in [3.05, 3.63) is 71.0 Å². The fourth-order valence-electron chi connectivity index (χ4n) is 3.40. The van der Waals surface area contributed by atoms with Crippen LogP contribution >= 0.6 is 0 Å². The van der Waals surface area contributed by atoms with Crippen LogP contribution in [0.3, 0.4) is 0 Å². The molecule has 1 aliphatic heterocycles. The highest BCUT2D eigenvalue weighted by Crippen LogP contribution is 2.36. The second kappa shape index (κ2) is 6.98. The minimum Gasteiger partial charge on any atom is -0.388 e. The summed E-state index contributed by atoms with van der Waals surface area (Å²) < 4.78 is 52.8. The van der Waals surface area contributed by atoms with E-state index in [9.17, 15) is 27.8 Å². The molecule has 2 aromatic carbocycles. The molecule has 1 aliphatic rings. The lowest BCUT2D eigenvalue weighted by atomic mass is 9.82. The number of halogens is 4. The summed E-state index contributed by atoms with van der Waals surface area (Å²) in [5.41, 5.74) is -1.96. The van der Waals surface area contributed by atoms with Crippen LogP contribution in [-0.4, -0.2) is 34.3 Å². The maximum atomic E-state index is 13.4. The molecule has 0 aliphatic carbocycles. The molecule has 2 atom stereocenters. The van der Waals surface area contributed by atoms with Gasteiger partial charge < -0.3 is 10.2 Å². The summed E-state index contributed by atoms with van der Waals surface area (Å²) in [6.45, 7) is 0.101. The van der Waals surface area contributed by atoms with Crippen molar-refractivity contribution in [2.24, 2.45) is 0 Å². The van der Waals surface area contributed by atoms with Crippen molar-refractivity contribution >= 4 is 0 Å². The number of hydrogen-bond donors (Lipinski definition) is 2. The van der Waals surface area contributed by atoms with Crippen molar-refractivity contribution in [2.45, 2.75) is 30.8 Å². The van der Waals surface area contributed by atoms with Gasteiger partial charge in [-0.3, -0.25) is 4.90 Å². The van der Waals surface area contributed by atoms with Crippen LogP contribution in [0.4, 0.5) is 17.6 Å². The average Bonchev–Trinajstić information content (AvgIpc) is 2.58. The maximum Gasteiger partial charge on any atom is 0.416 e. The molecule has 0 bridgehead atoms. The Kier molecular flexibility index (Phi) is 5.05. The molecule has 0 radical (unpaired) electrons. The second-order valence-corrected chi connectivity index (χ2v) is 6.59. The molecule has 3 rings (SSSR count). The topological polar surface area (TPSA) is 43.7 Å². The molecule has 0 aromatic heterocycles. The van der Waals surface area contributed by atoms with Crippen molar-refractivity contribution in [2.75, 3.05) is 13.1 Å². The fourth-order valence-corrected chi connectivity index (χ4v) is 3.40. The van der Waals surface area contributed by atoms with Crippen molar-refractivity contribution in [3.63, 3.8) is 0 Å². The van der Waals surface area contributed by atoms with E-state index in [4.69, 9.17) is 0 Å². The Morgan fingerprint density at radius 3 is 2.42 bits per heavy atom. The third-order valence-electron chi connectivity index (χ3n) is 4.83. The molecule has 26 heavy (non-hydrogen) atoms. The molecule has 2 aromatic rings. The molecule has 2 N–H and O–H groups in total. The third kappa shape index (κ3) is 3.75. The van der Waals surface area contributed by atoms with Crippen LogP contribution in [0.25, 0.3) is 0 Å². The molecule has 1 saturated heterocycles. The Balaban J connectivity index is 1.78. The van der Waals surface area contributed by atoms with Gasteiger partial charge in [0.05, 0.1) is 11.7 Å². The van der Waals surface area contributed by atoms with Gasteiger partial charge in [-0.25, -0.2) is 4.39 Å². The number of aliphatic hydroxyl groups excluding tert-OH is 1. The van der Waals surface area contributed by atoms with E-state index >= 15 is 0 Å². The summed E-state index contributed by atoms with van der Waals surface area (Å²) in [7, 11) is 0. The summed E-state index contributed by atoms with van der Waals surface area (Å²) in [6.07, 6.45) is -5.58. The highest BCUT2D eigenvalue weighted by atomic mass is 19.4. The Morgan fingerprint density at radius 1 is 1.12 bits per heavy atom. The van der Waals surface area contributed by atoms with E-state index in [1.807, 2.05) is 0 Å². The molecule has 140 valence electrons. The zero-order chi connectivity index (χ0) is 18.9. The molecular weight excluding hydrogens is 350 g/mol. The van der Waals surface area contributed by atoms with Gasteiger partial charge in [0.1, 0.15) is 11.4 Å². The van der Waals surface area contributed by atoms with Crippen LogP contribution in [0.5, 0.6) is 0 Å². The van der Waals surface area contributed by atoms with E-state index in [1.165, 1.54) is 0 Å². The van der Waals surface area contributed by atoms with Crippen molar-refractivity contribution in [1.82, 2.24) is 4.90 Å². The highest BCUT2D eigenvalue weighted by molar-refractivity contribution is 5.31. The van der Waals surface area contributed by atoms with Gasteiger partial charge in [0.15, 0.2) is 0 Å². The molecule has 3 nitrogen and oxygen atoms in total. The lowest BCUT2D eigenvalue weighted by molar-refractivity contribution is -0.140. The number of piperidine rings is 1. The highest BCUT2D eigenvalue weighted by Gasteiger charge is 2.42. The van der Waals surface area contributed by atoms with E-state index in [-0.39, 0.29) is 31.6 Å². The van der Waals surface area contributed by atoms with Crippen LogP contribution < -0.4 is 0 Å². The second-order valence-electron chi connectivity index (χ2n) is 6.59. The van der Waals surface area contributed by atoms with Gasteiger partial charge in [-0.15, -0.1) is 0 Å². The maximum absolute atomic E-state index is 13.4. The molecule has 0 unspecified atom stereocenters. The molecule has 0 spiro atoms. The third-order valence-corrected chi connectivity index (χ3v) is 4.83. The molecule has 0 amide bonds. The zero-order valence-corrected chi connectivity index (χ0v) is 13.9.